The molecule has 2 nitrogen and oxygen atoms in total. The van der Waals surface area contributed by atoms with Crippen LogP contribution in [0.2, 0.25) is 0 Å². The Balaban J connectivity index is 3.78. The molecular weight excluding hydrogens is 138 g/mol. The van der Waals surface area contributed by atoms with E-state index in [0.717, 1.165) is 12.8 Å². The molecule has 0 aliphatic heterocycles. The fourth-order valence-corrected chi connectivity index (χ4v) is 0.972. The fourth-order valence-electron chi connectivity index (χ4n) is 0.972. The maximum atomic E-state index is 5.63. The lowest BCUT2D eigenvalue weighted by Gasteiger charge is -2.18. The predicted octanol–water partition coefficient (Wildman–Crippen LogP) is 1.15. The number of ether oxygens (including phenoxy) is 1. The molecule has 0 spiro atoms. The Kier molecular flexibility index (Phi) is 5.91. The Morgan fingerprint density at radius 3 is 2.55 bits per heavy atom. The molecule has 0 saturated carbocycles. The SMILES string of the molecule is C#CC(N)C(CCC)OCC. The van der Waals surface area contributed by atoms with Gasteiger partial charge >= 0.3 is 0 Å². The molecule has 64 valence electrons. The predicted molar refractivity (Wildman–Crippen MR) is 47.1 cm³/mol. The van der Waals surface area contributed by atoms with Gasteiger partial charge in [-0.1, -0.05) is 19.3 Å². The first kappa shape index (κ1) is 10.5. The van der Waals surface area contributed by atoms with Crippen molar-refractivity contribution in [1.29, 1.82) is 0 Å². The van der Waals surface area contributed by atoms with Crippen molar-refractivity contribution in [1.82, 2.24) is 0 Å². The molecule has 0 aliphatic rings. The average Bonchev–Trinajstić information content (AvgIpc) is 2.03. The van der Waals surface area contributed by atoms with Crippen LogP contribution in [-0.2, 0) is 4.74 Å². The summed E-state index contributed by atoms with van der Waals surface area (Å²) in [6.45, 7) is 4.72. The number of hydrogen-bond donors (Lipinski definition) is 1. The van der Waals surface area contributed by atoms with Crippen LogP contribution in [0.25, 0.3) is 0 Å². The molecule has 0 radical (unpaired) electrons. The average molecular weight is 155 g/mol. The van der Waals surface area contributed by atoms with E-state index in [1.165, 1.54) is 0 Å². The largest absolute Gasteiger partial charge is 0.376 e. The van der Waals surface area contributed by atoms with Crippen molar-refractivity contribution in [2.24, 2.45) is 5.73 Å². The molecule has 0 aromatic rings. The first-order chi connectivity index (χ1) is 5.26. The van der Waals surface area contributed by atoms with Crippen molar-refractivity contribution in [2.75, 3.05) is 6.61 Å². The van der Waals surface area contributed by atoms with Crippen molar-refractivity contribution in [3.05, 3.63) is 0 Å². The zero-order valence-electron chi connectivity index (χ0n) is 7.34. The topological polar surface area (TPSA) is 35.2 Å². The molecule has 0 aromatic heterocycles. The minimum atomic E-state index is -0.255. The Labute approximate surface area is 69.1 Å². The monoisotopic (exact) mass is 155 g/mol. The highest BCUT2D eigenvalue weighted by Crippen LogP contribution is 2.04. The van der Waals surface area contributed by atoms with E-state index in [2.05, 4.69) is 12.8 Å². The second-order valence-electron chi connectivity index (χ2n) is 2.47. The lowest BCUT2D eigenvalue weighted by Crippen LogP contribution is -2.35. The molecular formula is C9H17NO. The standard InChI is InChI=1S/C9H17NO/c1-4-7-9(11-6-3)8(10)5-2/h2,8-9H,4,6-7,10H2,1,3H3. The highest BCUT2D eigenvalue weighted by molar-refractivity contribution is 5.00. The fraction of sp³-hybridized carbons (Fsp3) is 0.778. The van der Waals surface area contributed by atoms with E-state index in [4.69, 9.17) is 16.9 Å². The van der Waals surface area contributed by atoms with Crippen LogP contribution in [0.4, 0.5) is 0 Å². The number of terminal acetylenes is 1. The van der Waals surface area contributed by atoms with Crippen molar-refractivity contribution >= 4 is 0 Å². The molecule has 2 unspecified atom stereocenters. The van der Waals surface area contributed by atoms with Crippen molar-refractivity contribution in [3.63, 3.8) is 0 Å². The van der Waals surface area contributed by atoms with Crippen LogP contribution in [-0.4, -0.2) is 18.8 Å². The summed E-state index contributed by atoms with van der Waals surface area (Å²) in [6.07, 6.45) is 7.21. The van der Waals surface area contributed by atoms with Gasteiger partial charge in [-0.15, -0.1) is 6.42 Å². The van der Waals surface area contributed by atoms with E-state index in [-0.39, 0.29) is 12.1 Å². The van der Waals surface area contributed by atoms with Gasteiger partial charge in [-0.2, -0.15) is 0 Å². The highest BCUT2D eigenvalue weighted by atomic mass is 16.5. The maximum absolute atomic E-state index is 5.63. The van der Waals surface area contributed by atoms with Crippen LogP contribution < -0.4 is 5.73 Å². The van der Waals surface area contributed by atoms with Gasteiger partial charge in [-0.05, 0) is 13.3 Å². The lowest BCUT2D eigenvalue weighted by atomic mass is 10.1. The molecule has 0 rings (SSSR count). The van der Waals surface area contributed by atoms with E-state index in [1.807, 2.05) is 6.92 Å². The summed E-state index contributed by atoms with van der Waals surface area (Å²) in [5.74, 6) is 2.49. The summed E-state index contributed by atoms with van der Waals surface area (Å²) in [4.78, 5) is 0. The van der Waals surface area contributed by atoms with Crippen molar-refractivity contribution in [3.8, 4) is 12.3 Å². The minimum Gasteiger partial charge on any atom is -0.376 e. The van der Waals surface area contributed by atoms with Crippen LogP contribution in [0.15, 0.2) is 0 Å². The van der Waals surface area contributed by atoms with E-state index in [9.17, 15) is 0 Å². The van der Waals surface area contributed by atoms with Crippen LogP contribution in [0, 0.1) is 12.3 Å². The van der Waals surface area contributed by atoms with E-state index >= 15 is 0 Å². The summed E-state index contributed by atoms with van der Waals surface area (Å²) in [5.41, 5.74) is 5.63. The van der Waals surface area contributed by atoms with Crippen molar-refractivity contribution in [2.45, 2.75) is 38.8 Å². The van der Waals surface area contributed by atoms with Gasteiger partial charge in [0.15, 0.2) is 0 Å². The third kappa shape index (κ3) is 4.02. The minimum absolute atomic E-state index is 0.0370. The number of hydrogen-bond acceptors (Lipinski definition) is 2. The third-order valence-electron chi connectivity index (χ3n) is 1.55. The second-order valence-corrected chi connectivity index (χ2v) is 2.47. The molecule has 0 saturated heterocycles. The van der Waals surface area contributed by atoms with Crippen LogP contribution in [0.5, 0.6) is 0 Å². The molecule has 11 heavy (non-hydrogen) atoms. The van der Waals surface area contributed by atoms with Gasteiger partial charge in [-0.25, -0.2) is 0 Å². The summed E-state index contributed by atoms with van der Waals surface area (Å²) < 4.78 is 5.37. The molecule has 0 bridgehead atoms. The normalized spacial score (nSPS) is 15.5. The Hall–Kier alpha value is -0.520. The quantitative estimate of drug-likeness (QED) is 0.604. The van der Waals surface area contributed by atoms with Gasteiger partial charge in [0.2, 0.25) is 0 Å². The molecule has 0 amide bonds. The molecule has 2 heteroatoms. The smallest absolute Gasteiger partial charge is 0.0927 e. The van der Waals surface area contributed by atoms with Gasteiger partial charge in [-0.3, -0.25) is 0 Å². The lowest BCUT2D eigenvalue weighted by molar-refractivity contribution is 0.0496. The molecule has 2 N–H and O–H groups in total. The van der Waals surface area contributed by atoms with E-state index in [1.54, 1.807) is 0 Å². The molecule has 2 atom stereocenters. The number of nitrogens with two attached hydrogens (primary N) is 1. The van der Waals surface area contributed by atoms with Crippen molar-refractivity contribution < 1.29 is 4.74 Å². The van der Waals surface area contributed by atoms with Gasteiger partial charge in [0.25, 0.3) is 0 Å². The molecule has 0 heterocycles. The summed E-state index contributed by atoms with van der Waals surface area (Å²) in [6, 6.07) is -0.255. The van der Waals surface area contributed by atoms with Gasteiger partial charge in [0.1, 0.15) is 0 Å². The highest BCUT2D eigenvalue weighted by Gasteiger charge is 2.13. The van der Waals surface area contributed by atoms with Gasteiger partial charge in [0.05, 0.1) is 12.1 Å². The first-order valence-corrected chi connectivity index (χ1v) is 4.09. The van der Waals surface area contributed by atoms with Gasteiger partial charge < -0.3 is 10.5 Å². The van der Waals surface area contributed by atoms with E-state index < -0.39 is 0 Å². The van der Waals surface area contributed by atoms with Crippen LogP contribution in [0.1, 0.15) is 26.7 Å². The van der Waals surface area contributed by atoms with Crippen LogP contribution in [0.3, 0.4) is 0 Å². The zero-order chi connectivity index (χ0) is 8.69. The van der Waals surface area contributed by atoms with Gasteiger partial charge in [0, 0.05) is 6.61 Å². The molecule has 0 aromatic carbocycles. The van der Waals surface area contributed by atoms with Crippen LogP contribution >= 0.6 is 0 Å². The summed E-state index contributed by atoms with van der Waals surface area (Å²) in [7, 11) is 0. The first-order valence-electron chi connectivity index (χ1n) is 4.09. The Bertz CT molecular complexity index is 122. The summed E-state index contributed by atoms with van der Waals surface area (Å²) >= 11 is 0. The zero-order valence-corrected chi connectivity index (χ0v) is 7.34. The molecule has 0 fully saturated rings. The summed E-state index contributed by atoms with van der Waals surface area (Å²) in [5, 5.41) is 0. The Morgan fingerprint density at radius 2 is 2.18 bits per heavy atom. The van der Waals surface area contributed by atoms with E-state index in [0.29, 0.717) is 6.61 Å². The maximum Gasteiger partial charge on any atom is 0.0927 e. The second kappa shape index (κ2) is 6.21. The third-order valence-corrected chi connectivity index (χ3v) is 1.55. The molecule has 0 aliphatic carbocycles. The Morgan fingerprint density at radius 1 is 1.55 bits per heavy atom. The number of rotatable bonds is 5.